The molecule has 0 saturated heterocycles. The Kier molecular flexibility index (Phi) is 7.54. The quantitative estimate of drug-likeness (QED) is 0.641. The van der Waals surface area contributed by atoms with Gasteiger partial charge in [0.2, 0.25) is 0 Å². The Bertz CT molecular complexity index is 776. The molecule has 2 aromatic carbocycles. The van der Waals surface area contributed by atoms with Crippen LogP contribution in [0.25, 0.3) is 0 Å². The second kappa shape index (κ2) is 9.87. The van der Waals surface area contributed by atoms with Crippen LogP contribution in [-0.2, 0) is 6.18 Å². The summed E-state index contributed by atoms with van der Waals surface area (Å²) >= 11 is 0. The van der Waals surface area contributed by atoms with Crippen LogP contribution in [0.1, 0.15) is 29.8 Å². The maximum atomic E-state index is 12.5. The second-order valence-electron chi connectivity index (χ2n) is 5.65. The summed E-state index contributed by atoms with van der Waals surface area (Å²) in [4.78, 5) is 12.2. The zero-order chi connectivity index (χ0) is 20.6. The third-order valence-corrected chi connectivity index (χ3v) is 3.64. The van der Waals surface area contributed by atoms with Gasteiger partial charge in [0.15, 0.2) is 11.5 Å². The van der Waals surface area contributed by atoms with Crippen LogP contribution in [0.2, 0.25) is 0 Å². The molecule has 5 nitrogen and oxygen atoms in total. The van der Waals surface area contributed by atoms with E-state index in [0.29, 0.717) is 36.0 Å². The predicted octanol–water partition coefficient (Wildman–Crippen LogP) is 4.31. The van der Waals surface area contributed by atoms with E-state index in [-0.39, 0.29) is 19.1 Å². The van der Waals surface area contributed by atoms with Crippen molar-refractivity contribution in [3.05, 3.63) is 53.6 Å². The highest BCUT2D eigenvalue weighted by Crippen LogP contribution is 2.30. The molecule has 0 radical (unpaired) electrons. The van der Waals surface area contributed by atoms with E-state index >= 15 is 0 Å². The van der Waals surface area contributed by atoms with E-state index in [1.54, 1.807) is 18.2 Å². The minimum absolute atomic E-state index is 0.118. The first-order valence-corrected chi connectivity index (χ1v) is 8.83. The topological polar surface area (TPSA) is 56.8 Å². The standard InChI is InChI=1S/C20H22F3NO4/c1-3-26-17-10-5-14(13-18(17)27-4-2)19(25)24-11-12-28-16-8-6-15(7-9-16)20(21,22)23/h5-10,13H,3-4,11-12H2,1-2H3,(H,24,25). The molecule has 0 atom stereocenters. The fourth-order valence-electron chi connectivity index (χ4n) is 2.37. The van der Waals surface area contributed by atoms with Crippen LogP contribution in [0.3, 0.4) is 0 Å². The van der Waals surface area contributed by atoms with Crippen LogP contribution in [0, 0.1) is 0 Å². The van der Waals surface area contributed by atoms with Crippen LogP contribution in [0.15, 0.2) is 42.5 Å². The number of benzene rings is 2. The van der Waals surface area contributed by atoms with E-state index in [4.69, 9.17) is 14.2 Å². The number of carbonyl (C=O) groups is 1. The molecule has 0 spiro atoms. The number of carbonyl (C=O) groups excluding carboxylic acids is 1. The largest absolute Gasteiger partial charge is 0.492 e. The van der Waals surface area contributed by atoms with Crippen LogP contribution in [-0.4, -0.2) is 32.3 Å². The zero-order valence-corrected chi connectivity index (χ0v) is 15.6. The van der Waals surface area contributed by atoms with Crippen molar-refractivity contribution < 1.29 is 32.2 Å². The number of alkyl halides is 3. The van der Waals surface area contributed by atoms with Crippen LogP contribution in [0.4, 0.5) is 13.2 Å². The Balaban J connectivity index is 1.86. The lowest BCUT2D eigenvalue weighted by atomic mass is 10.2. The monoisotopic (exact) mass is 397 g/mol. The fraction of sp³-hybridized carbons (Fsp3) is 0.350. The number of ether oxygens (including phenoxy) is 3. The average Bonchev–Trinajstić information content (AvgIpc) is 2.66. The molecule has 0 bridgehead atoms. The van der Waals surface area contributed by atoms with Gasteiger partial charge in [0.25, 0.3) is 5.91 Å². The Morgan fingerprint density at radius 3 is 2.18 bits per heavy atom. The van der Waals surface area contributed by atoms with Crippen molar-refractivity contribution in [2.75, 3.05) is 26.4 Å². The molecule has 0 unspecified atom stereocenters. The van der Waals surface area contributed by atoms with Crippen molar-refractivity contribution in [1.29, 1.82) is 0 Å². The number of rotatable bonds is 9. The van der Waals surface area contributed by atoms with E-state index in [0.717, 1.165) is 12.1 Å². The highest BCUT2D eigenvalue weighted by molar-refractivity contribution is 5.94. The Labute approximate surface area is 161 Å². The minimum atomic E-state index is -4.38. The summed E-state index contributed by atoms with van der Waals surface area (Å²) in [6, 6.07) is 9.27. The molecular weight excluding hydrogens is 375 g/mol. The number of halogens is 3. The summed E-state index contributed by atoms with van der Waals surface area (Å²) in [5.74, 6) is 1.02. The van der Waals surface area contributed by atoms with Gasteiger partial charge < -0.3 is 19.5 Å². The van der Waals surface area contributed by atoms with Gasteiger partial charge in [-0.25, -0.2) is 0 Å². The van der Waals surface area contributed by atoms with Crippen molar-refractivity contribution in [3.63, 3.8) is 0 Å². The van der Waals surface area contributed by atoms with E-state index in [1.165, 1.54) is 12.1 Å². The molecule has 0 aliphatic heterocycles. The molecule has 2 aromatic rings. The highest BCUT2D eigenvalue weighted by Gasteiger charge is 2.30. The van der Waals surface area contributed by atoms with Gasteiger partial charge in [-0.05, 0) is 56.3 Å². The van der Waals surface area contributed by atoms with E-state index in [1.807, 2.05) is 13.8 Å². The molecule has 28 heavy (non-hydrogen) atoms. The maximum absolute atomic E-state index is 12.5. The molecule has 152 valence electrons. The van der Waals surface area contributed by atoms with Gasteiger partial charge in [0.05, 0.1) is 25.3 Å². The molecule has 1 N–H and O–H groups in total. The fourth-order valence-corrected chi connectivity index (χ4v) is 2.37. The van der Waals surface area contributed by atoms with Crippen LogP contribution in [0.5, 0.6) is 17.2 Å². The first kappa shape index (κ1) is 21.4. The van der Waals surface area contributed by atoms with Crippen LogP contribution < -0.4 is 19.5 Å². The van der Waals surface area contributed by atoms with Crippen molar-refractivity contribution in [3.8, 4) is 17.2 Å². The smallest absolute Gasteiger partial charge is 0.416 e. The number of nitrogens with one attached hydrogen (secondary N) is 1. The number of hydrogen-bond donors (Lipinski definition) is 1. The molecule has 0 heterocycles. The van der Waals surface area contributed by atoms with Gasteiger partial charge in [-0.15, -0.1) is 0 Å². The van der Waals surface area contributed by atoms with E-state index in [2.05, 4.69) is 5.32 Å². The number of amides is 1. The van der Waals surface area contributed by atoms with Crippen LogP contribution >= 0.6 is 0 Å². The summed E-state index contributed by atoms with van der Waals surface area (Å²) in [5, 5.41) is 2.69. The third-order valence-electron chi connectivity index (χ3n) is 3.64. The predicted molar refractivity (Wildman–Crippen MR) is 98.1 cm³/mol. The SMILES string of the molecule is CCOc1ccc(C(=O)NCCOc2ccc(C(F)(F)F)cc2)cc1OCC. The molecule has 2 rings (SSSR count). The normalized spacial score (nSPS) is 11.0. The van der Waals surface area contributed by atoms with Gasteiger partial charge in [-0.3, -0.25) is 4.79 Å². The average molecular weight is 397 g/mol. The molecule has 0 aliphatic carbocycles. The van der Waals surface area contributed by atoms with Crippen molar-refractivity contribution >= 4 is 5.91 Å². The summed E-state index contributed by atoms with van der Waals surface area (Å²) in [6.45, 7) is 4.91. The lowest BCUT2D eigenvalue weighted by Gasteiger charge is -2.13. The molecule has 0 aromatic heterocycles. The molecule has 0 aliphatic rings. The Morgan fingerprint density at radius 2 is 1.57 bits per heavy atom. The molecular formula is C20H22F3NO4. The molecule has 8 heteroatoms. The van der Waals surface area contributed by atoms with Crippen molar-refractivity contribution in [2.24, 2.45) is 0 Å². The second-order valence-corrected chi connectivity index (χ2v) is 5.65. The summed E-state index contributed by atoms with van der Waals surface area (Å²) < 4.78 is 53.8. The maximum Gasteiger partial charge on any atom is 0.416 e. The van der Waals surface area contributed by atoms with E-state index < -0.39 is 11.7 Å². The highest BCUT2D eigenvalue weighted by atomic mass is 19.4. The zero-order valence-electron chi connectivity index (χ0n) is 15.6. The van der Waals surface area contributed by atoms with Gasteiger partial charge >= 0.3 is 6.18 Å². The van der Waals surface area contributed by atoms with Gasteiger partial charge in [0, 0.05) is 5.56 Å². The third kappa shape index (κ3) is 6.07. The van der Waals surface area contributed by atoms with Gasteiger partial charge in [-0.1, -0.05) is 0 Å². The van der Waals surface area contributed by atoms with Gasteiger partial charge in [-0.2, -0.15) is 13.2 Å². The summed E-state index contributed by atoms with van der Waals surface area (Å²) in [6.07, 6.45) is -4.38. The first-order chi connectivity index (χ1) is 13.3. The van der Waals surface area contributed by atoms with Crippen molar-refractivity contribution in [1.82, 2.24) is 5.32 Å². The van der Waals surface area contributed by atoms with Gasteiger partial charge in [0.1, 0.15) is 12.4 Å². The lowest BCUT2D eigenvalue weighted by molar-refractivity contribution is -0.137. The summed E-state index contributed by atoms with van der Waals surface area (Å²) in [7, 11) is 0. The lowest BCUT2D eigenvalue weighted by Crippen LogP contribution is -2.28. The Hall–Kier alpha value is -2.90. The number of hydrogen-bond acceptors (Lipinski definition) is 4. The Morgan fingerprint density at radius 1 is 0.929 bits per heavy atom. The van der Waals surface area contributed by atoms with E-state index in [9.17, 15) is 18.0 Å². The minimum Gasteiger partial charge on any atom is -0.492 e. The van der Waals surface area contributed by atoms with Crippen molar-refractivity contribution in [2.45, 2.75) is 20.0 Å². The molecule has 1 amide bonds. The molecule has 0 fully saturated rings. The summed E-state index contributed by atoms with van der Waals surface area (Å²) in [5.41, 5.74) is -0.338. The molecule has 0 saturated carbocycles. The first-order valence-electron chi connectivity index (χ1n) is 8.83.